The number of carbonyl (C=O) groups excluding carboxylic acids is 1. The van der Waals surface area contributed by atoms with Crippen molar-refractivity contribution in [3.63, 3.8) is 0 Å². The van der Waals surface area contributed by atoms with Gasteiger partial charge >= 0.3 is 0 Å². The molecule has 4 nitrogen and oxygen atoms in total. The van der Waals surface area contributed by atoms with Gasteiger partial charge in [0.2, 0.25) is 5.91 Å². The molecule has 0 aliphatic carbocycles. The van der Waals surface area contributed by atoms with E-state index in [-0.39, 0.29) is 18.0 Å². The highest BCUT2D eigenvalue weighted by atomic mass is 16.2. The summed E-state index contributed by atoms with van der Waals surface area (Å²) in [6, 6.07) is 15.5. The van der Waals surface area contributed by atoms with Crippen LogP contribution in [0.3, 0.4) is 0 Å². The van der Waals surface area contributed by atoms with Gasteiger partial charge in [-0.25, -0.2) is 0 Å². The predicted molar refractivity (Wildman–Crippen MR) is 83.8 cm³/mol. The number of amides is 1. The molecule has 0 aliphatic heterocycles. The Balaban J connectivity index is 2.28. The minimum atomic E-state index is -0.285. The smallest absolute Gasteiger partial charge is 0.238 e. The molecule has 0 fully saturated rings. The standard InChI is InChI=1S/C17H21N3O/c1-13(17(21)20(2)3)19-16(14-9-5-4-6-10-14)15-11-7-8-12-18-15/h4-13,16,19H,1-3H3. The third kappa shape index (κ3) is 3.89. The van der Waals surface area contributed by atoms with E-state index in [0.717, 1.165) is 11.3 Å². The third-order valence-electron chi connectivity index (χ3n) is 3.34. The Morgan fingerprint density at radius 3 is 2.33 bits per heavy atom. The van der Waals surface area contributed by atoms with Gasteiger partial charge < -0.3 is 4.90 Å². The monoisotopic (exact) mass is 283 g/mol. The Morgan fingerprint density at radius 1 is 1.10 bits per heavy atom. The number of nitrogens with zero attached hydrogens (tertiary/aromatic N) is 2. The van der Waals surface area contributed by atoms with E-state index < -0.39 is 0 Å². The lowest BCUT2D eigenvalue weighted by molar-refractivity contribution is -0.130. The van der Waals surface area contributed by atoms with Crippen molar-refractivity contribution >= 4 is 5.91 Å². The lowest BCUT2D eigenvalue weighted by Crippen LogP contribution is -2.43. The van der Waals surface area contributed by atoms with Crippen molar-refractivity contribution in [2.24, 2.45) is 0 Å². The Bertz CT molecular complexity index is 530. The fourth-order valence-electron chi connectivity index (χ4n) is 2.25. The summed E-state index contributed by atoms with van der Waals surface area (Å²) in [4.78, 5) is 18.1. The van der Waals surface area contributed by atoms with Gasteiger partial charge in [0.05, 0.1) is 17.8 Å². The van der Waals surface area contributed by atoms with Gasteiger partial charge in [-0.05, 0) is 24.6 Å². The van der Waals surface area contributed by atoms with Gasteiger partial charge in [0, 0.05) is 20.3 Å². The average Bonchev–Trinajstić information content (AvgIpc) is 2.53. The van der Waals surface area contributed by atoms with Crippen molar-refractivity contribution in [3.8, 4) is 0 Å². The lowest BCUT2D eigenvalue weighted by Gasteiger charge is -2.24. The SMILES string of the molecule is CC(NC(c1ccccc1)c1ccccn1)C(=O)N(C)C. The molecule has 1 amide bonds. The van der Waals surface area contributed by atoms with Crippen molar-refractivity contribution < 1.29 is 4.79 Å². The molecule has 2 unspecified atom stereocenters. The summed E-state index contributed by atoms with van der Waals surface area (Å²) in [6.07, 6.45) is 1.77. The molecule has 2 rings (SSSR count). The maximum Gasteiger partial charge on any atom is 0.238 e. The second-order valence-electron chi connectivity index (χ2n) is 5.22. The van der Waals surface area contributed by atoms with Crippen molar-refractivity contribution in [3.05, 3.63) is 66.0 Å². The van der Waals surface area contributed by atoms with E-state index in [1.165, 1.54) is 0 Å². The molecule has 0 radical (unpaired) electrons. The van der Waals surface area contributed by atoms with E-state index in [1.807, 2.05) is 55.5 Å². The number of nitrogens with one attached hydrogen (secondary N) is 1. The van der Waals surface area contributed by atoms with Gasteiger partial charge in [0.15, 0.2) is 0 Å². The van der Waals surface area contributed by atoms with E-state index in [4.69, 9.17) is 0 Å². The first-order chi connectivity index (χ1) is 10.1. The van der Waals surface area contributed by atoms with Crippen LogP contribution in [0, 0.1) is 0 Å². The van der Waals surface area contributed by atoms with E-state index >= 15 is 0 Å². The Kier molecular flexibility index (Phi) is 5.06. The molecular weight excluding hydrogens is 262 g/mol. The number of aromatic nitrogens is 1. The Labute approximate surface area is 125 Å². The van der Waals surface area contributed by atoms with Crippen LogP contribution in [0.1, 0.15) is 24.2 Å². The number of rotatable bonds is 5. The largest absolute Gasteiger partial charge is 0.347 e. The average molecular weight is 283 g/mol. The number of carbonyl (C=O) groups is 1. The molecule has 0 aliphatic rings. The highest BCUT2D eigenvalue weighted by molar-refractivity contribution is 5.81. The van der Waals surface area contributed by atoms with E-state index in [9.17, 15) is 4.79 Å². The second kappa shape index (κ2) is 6.99. The minimum absolute atomic E-state index is 0.0480. The zero-order valence-corrected chi connectivity index (χ0v) is 12.7. The van der Waals surface area contributed by atoms with Gasteiger partial charge in [0.1, 0.15) is 0 Å². The molecule has 1 heterocycles. The number of likely N-dealkylation sites (N-methyl/N-ethyl adjacent to an activating group) is 1. The van der Waals surface area contributed by atoms with E-state index in [0.29, 0.717) is 0 Å². The fraction of sp³-hybridized carbons (Fsp3) is 0.294. The van der Waals surface area contributed by atoms with Crippen LogP contribution in [0.2, 0.25) is 0 Å². The van der Waals surface area contributed by atoms with Crippen LogP contribution < -0.4 is 5.32 Å². The first kappa shape index (κ1) is 15.2. The highest BCUT2D eigenvalue weighted by Gasteiger charge is 2.22. The molecular formula is C17H21N3O. The van der Waals surface area contributed by atoms with Crippen molar-refractivity contribution in [2.45, 2.75) is 19.0 Å². The summed E-state index contributed by atoms with van der Waals surface area (Å²) in [5.41, 5.74) is 2.00. The summed E-state index contributed by atoms with van der Waals surface area (Å²) in [7, 11) is 3.53. The molecule has 0 spiro atoms. The maximum absolute atomic E-state index is 12.1. The summed E-state index contributed by atoms with van der Waals surface area (Å²) < 4.78 is 0. The van der Waals surface area contributed by atoms with Gasteiger partial charge in [-0.2, -0.15) is 0 Å². The van der Waals surface area contributed by atoms with Crippen LogP contribution in [0.5, 0.6) is 0 Å². The molecule has 1 aromatic heterocycles. The normalized spacial score (nSPS) is 13.5. The van der Waals surface area contributed by atoms with Crippen LogP contribution in [-0.2, 0) is 4.79 Å². The highest BCUT2D eigenvalue weighted by Crippen LogP contribution is 2.20. The zero-order chi connectivity index (χ0) is 15.2. The van der Waals surface area contributed by atoms with Gasteiger partial charge in [-0.1, -0.05) is 36.4 Å². The topological polar surface area (TPSA) is 45.2 Å². The zero-order valence-electron chi connectivity index (χ0n) is 12.7. The molecule has 21 heavy (non-hydrogen) atoms. The van der Waals surface area contributed by atoms with Crippen LogP contribution >= 0.6 is 0 Å². The lowest BCUT2D eigenvalue weighted by atomic mass is 10.0. The van der Waals surface area contributed by atoms with Crippen LogP contribution in [0.15, 0.2) is 54.7 Å². The molecule has 110 valence electrons. The van der Waals surface area contributed by atoms with Crippen molar-refractivity contribution in [1.29, 1.82) is 0 Å². The molecule has 2 atom stereocenters. The van der Waals surface area contributed by atoms with Crippen molar-refractivity contribution in [1.82, 2.24) is 15.2 Å². The Morgan fingerprint density at radius 2 is 1.76 bits per heavy atom. The summed E-state index contributed by atoms with van der Waals surface area (Å²) in [6.45, 7) is 1.88. The first-order valence-electron chi connectivity index (χ1n) is 7.02. The van der Waals surface area contributed by atoms with Crippen molar-refractivity contribution in [2.75, 3.05) is 14.1 Å². The molecule has 4 heteroatoms. The molecule has 0 bridgehead atoms. The summed E-state index contributed by atoms with van der Waals surface area (Å²) >= 11 is 0. The Hall–Kier alpha value is -2.20. The molecule has 1 N–H and O–H groups in total. The summed E-state index contributed by atoms with van der Waals surface area (Å²) in [5.74, 6) is 0.0480. The third-order valence-corrected chi connectivity index (χ3v) is 3.34. The second-order valence-corrected chi connectivity index (χ2v) is 5.22. The van der Waals surface area contributed by atoms with Gasteiger partial charge in [0.25, 0.3) is 0 Å². The number of hydrogen-bond donors (Lipinski definition) is 1. The predicted octanol–water partition coefficient (Wildman–Crippen LogP) is 2.24. The summed E-state index contributed by atoms with van der Waals surface area (Å²) in [5, 5.41) is 3.38. The van der Waals surface area contributed by atoms with E-state index in [2.05, 4.69) is 10.3 Å². The molecule has 1 aromatic carbocycles. The van der Waals surface area contributed by atoms with Crippen LogP contribution in [0.4, 0.5) is 0 Å². The van der Waals surface area contributed by atoms with Gasteiger partial charge in [-0.3, -0.25) is 15.1 Å². The number of hydrogen-bond acceptors (Lipinski definition) is 3. The molecule has 2 aromatic rings. The molecule has 0 saturated heterocycles. The fourth-order valence-corrected chi connectivity index (χ4v) is 2.25. The van der Waals surface area contributed by atoms with Crippen LogP contribution in [-0.4, -0.2) is 35.9 Å². The first-order valence-corrected chi connectivity index (χ1v) is 7.02. The molecule has 0 saturated carbocycles. The quantitative estimate of drug-likeness (QED) is 0.915. The minimum Gasteiger partial charge on any atom is -0.347 e. The maximum atomic E-state index is 12.1. The number of benzene rings is 1. The van der Waals surface area contributed by atoms with Gasteiger partial charge in [-0.15, -0.1) is 0 Å². The van der Waals surface area contributed by atoms with E-state index in [1.54, 1.807) is 25.2 Å². The van der Waals surface area contributed by atoms with Crippen LogP contribution in [0.25, 0.3) is 0 Å². The number of pyridine rings is 1.